The van der Waals surface area contributed by atoms with Gasteiger partial charge in [0.2, 0.25) is 0 Å². The lowest BCUT2D eigenvalue weighted by atomic mass is 10.1. The molecule has 0 aliphatic rings. The van der Waals surface area contributed by atoms with Crippen LogP contribution in [0, 0.1) is 6.07 Å². The van der Waals surface area contributed by atoms with Crippen molar-refractivity contribution in [3.8, 4) is 16.5 Å². The fourth-order valence-corrected chi connectivity index (χ4v) is 3.19. The highest BCUT2D eigenvalue weighted by Gasteiger charge is 2.11. The monoisotopic (exact) mass is 317 g/mol. The van der Waals surface area contributed by atoms with Crippen LogP contribution in [0.2, 0.25) is 5.02 Å². The Morgan fingerprint density at radius 3 is 2.76 bits per heavy atom. The molecule has 0 spiro atoms. The molecule has 0 N–H and O–H groups in total. The van der Waals surface area contributed by atoms with Gasteiger partial charge in [0.25, 0.3) is 0 Å². The highest BCUT2D eigenvalue weighted by Crippen LogP contribution is 2.31. The van der Waals surface area contributed by atoms with Crippen molar-refractivity contribution in [1.29, 1.82) is 0 Å². The van der Waals surface area contributed by atoms with Crippen LogP contribution in [0.25, 0.3) is 21.6 Å². The van der Waals surface area contributed by atoms with E-state index in [-0.39, 0.29) is 0 Å². The van der Waals surface area contributed by atoms with Crippen LogP contribution in [0.15, 0.2) is 23.6 Å². The fourth-order valence-electron chi connectivity index (χ4n) is 1.99. The molecule has 3 nitrogen and oxygen atoms in total. The van der Waals surface area contributed by atoms with Crippen molar-refractivity contribution in [2.75, 3.05) is 7.11 Å². The Hall–Kier alpha value is -1.65. The number of hydrogen-bond donors (Lipinski definition) is 0. The van der Waals surface area contributed by atoms with Gasteiger partial charge < -0.3 is 4.74 Å². The highest BCUT2D eigenvalue weighted by atomic mass is 35.5. The molecule has 0 aliphatic heterocycles. The van der Waals surface area contributed by atoms with Crippen LogP contribution < -0.4 is 4.74 Å². The van der Waals surface area contributed by atoms with Crippen LogP contribution in [0.1, 0.15) is 25.5 Å². The first kappa shape index (κ1) is 14.3. The number of hydrogen-bond acceptors (Lipinski definition) is 4. The summed E-state index contributed by atoms with van der Waals surface area (Å²) in [6.07, 6.45) is 0. The van der Waals surface area contributed by atoms with Gasteiger partial charge in [0, 0.05) is 16.8 Å². The first-order valence-corrected chi connectivity index (χ1v) is 7.86. The van der Waals surface area contributed by atoms with Gasteiger partial charge in [-0.1, -0.05) is 25.4 Å². The van der Waals surface area contributed by atoms with Crippen molar-refractivity contribution in [3.05, 3.63) is 40.4 Å². The second-order valence-corrected chi connectivity index (χ2v) is 6.29. The van der Waals surface area contributed by atoms with Crippen LogP contribution >= 0.6 is 22.9 Å². The predicted molar refractivity (Wildman–Crippen MR) is 87.3 cm³/mol. The lowest BCUT2D eigenvalue weighted by Crippen LogP contribution is -1.90. The molecule has 3 rings (SSSR count). The van der Waals surface area contributed by atoms with Gasteiger partial charge in [-0.3, -0.25) is 0 Å². The molecule has 21 heavy (non-hydrogen) atoms. The van der Waals surface area contributed by atoms with E-state index in [1.807, 2.05) is 12.1 Å². The molecule has 0 atom stereocenters. The quantitative estimate of drug-likeness (QED) is 0.686. The minimum atomic E-state index is 0.410. The second-order valence-electron chi connectivity index (χ2n) is 5.02. The van der Waals surface area contributed by atoms with Gasteiger partial charge in [-0.2, -0.15) is 0 Å². The maximum Gasteiger partial charge on any atom is 0.142 e. The molecule has 5 heteroatoms. The molecule has 0 saturated heterocycles. The van der Waals surface area contributed by atoms with E-state index in [2.05, 4.69) is 35.3 Å². The third kappa shape index (κ3) is 2.74. The Morgan fingerprint density at radius 1 is 1.29 bits per heavy atom. The average molecular weight is 318 g/mol. The van der Waals surface area contributed by atoms with Crippen molar-refractivity contribution in [2.24, 2.45) is 0 Å². The third-order valence-electron chi connectivity index (χ3n) is 3.20. The smallest absolute Gasteiger partial charge is 0.142 e. The molecule has 1 aromatic carbocycles. The number of pyridine rings is 1. The van der Waals surface area contributed by atoms with Gasteiger partial charge in [0.15, 0.2) is 0 Å². The zero-order valence-electron chi connectivity index (χ0n) is 12.0. The van der Waals surface area contributed by atoms with Gasteiger partial charge in [-0.15, -0.1) is 11.3 Å². The highest BCUT2D eigenvalue weighted by molar-refractivity contribution is 7.13. The lowest BCUT2D eigenvalue weighted by Gasteiger charge is -2.05. The molecule has 0 aliphatic carbocycles. The second kappa shape index (κ2) is 5.62. The number of rotatable bonds is 3. The molecule has 0 saturated carbocycles. The Labute approximate surface area is 132 Å². The normalized spacial score (nSPS) is 11.3. The van der Waals surface area contributed by atoms with Crippen molar-refractivity contribution in [3.63, 3.8) is 0 Å². The molecule has 2 aromatic heterocycles. The van der Waals surface area contributed by atoms with Crippen LogP contribution in [0.4, 0.5) is 0 Å². The van der Waals surface area contributed by atoms with E-state index in [1.54, 1.807) is 24.5 Å². The minimum absolute atomic E-state index is 0.410. The summed E-state index contributed by atoms with van der Waals surface area (Å²) < 4.78 is 5.21. The summed E-state index contributed by atoms with van der Waals surface area (Å²) in [7, 11) is 1.61. The van der Waals surface area contributed by atoms with E-state index in [0.29, 0.717) is 16.7 Å². The topological polar surface area (TPSA) is 35.0 Å². The Balaban J connectivity index is 2.10. The predicted octanol–water partition coefficient (Wildman–Crippen LogP) is 4.94. The molecule has 2 heterocycles. The van der Waals surface area contributed by atoms with Crippen molar-refractivity contribution < 1.29 is 4.74 Å². The molecule has 0 fully saturated rings. The molecular weight excluding hydrogens is 304 g/mol. The van der Waals surface area contributed by atoms with Gasteiger partial charge in [0.05, 0.1) is 23.3 Å². The number of halogens is 1. The summed E-state index contributed by atoms with van der Waals surface area (Å²) >= 11 is 7.87. The number of nitrogens with zero attached hydrogens (tertiary/aromatic N) is 2. The number of methoxy groups -OCH3 is 1. The number of fused-ring (bicyclic) bond motifs is 1. The molecule has 3 aromatic rings. The summed E-state index contributed by atoms with van der Waals surface area (Å²) in [6, 6.07) is 8.69. The first-order valence-electron chi connectivity index (χ1n) is 6.60. The summed E-state index contributed by atoms with van der Waals surface area (Å²) in [5.41, 5.74) is 2.60. The Kier molecular flexibility index (Phi) is 3.83. The summed E-state index contributed by atoms with van der Waals surface area (Å²) in [5.74, 6) is 1.11. The number of benzene rings is 1. The summed E-state index contributed by atoms with van der Waals surface area (Å²) in [5, 5.41) is 4.36. The van der Waals surface area contributed by atoms with Crippen molar-refractivity contribution in [2.45, 2.75) is 19.8 Å². The van der Waals surface area contributed by atoms with E-state index in [0.717, 1.165) is 27.3 Å². The molecular formula is C16H14ClN2OS. The molecule has 0 unspecified atom stereocenters. The summed E-state index contributed by atoms with van der Waals surface area (Å²) in [6.45, 7) is 4.25. The van der Waals surface area contributed by atoms with E-state index in [4.69, 9.17) is 16.3 Å². The van der Waals surface area contributed by atoms with E-state index < -0.39 is 0 Å². The van der Waals surface area contributed by atoms with E-state index in [1.165, 1.54) is 0 Å². The Bertz CT molecular complexity index is 798. The lowest BCUT2D eigenvalue weighted by molar-refractivity contribution is 0.415. The fraction of sp³-hybridized carbons (Fsp3) is 0.250. The maximum absolute atomic E-state index is 6.28. The Morgan fingerprint density at radius 2 is 2.10 bits per heavy atom. The van der Waals surface area contributed by atoms with Crippen molar-refractivity contribution in [1.82, 2.24) is 9.97 Å². The number of thiazole rings is 1. The van der Waals surface area contributed by atoms with Crippen LogP contribution in [0.5, 0.6) is 5.75 Å². The van der Waals surface area contributed by atoms with Crippen molar-refractivity contribution >= 4 is 33.8 Å². The minimum Gasteiger partial charge on any atom is -0.497 e. The van der Waals surface area contributed by atoms with Crippen LogP contribution in [0.3, 0.4) is 0 Å². The number of aromatic nitrogens is 2. The zero-order chi connectivity index (χ0) is 15.0. The third-order valence-corrected chi connectivity index (χ3v) is 4.37. The first-order chi connectivity index (χ1) is 10.1. The van der Waals surface area contributed by atoms with Gasteiger partial charge in [-0.05, 0) is 24.1 Å². The van der Waals surface area contributed by atoms with Gasteiger partial charge >= 0.3 is 0 Å². The van der Waals surface area contributed by atoms with E-state index in [9.17, 15) is 0 Å². The average Bonchev–Trinajstić information content (AvgIpc) is 2.97. The number of ether oxygens (including phenoxy) is 1. The van der Waals surface area contributed by atoms with Gasteiger partial charge in [-0.25, -0.2) is 9.97 Å². The largest absolute Gasteiger partial charge is 0.497 e. The molecule has 0 bridgehead atoms. The standard InChI is InChI=1S/C16H14ClN2OS/c1-9(2)14-8-21-16(19-14)13-5-4-10-6-11(20-3)7-12(17)15(10)18-13/h5-9H,1-3H3. The summed E-state index contributed by atoms with van der Waals surface area (Å²) in [4.78, 5) is 9.24. The zero-order valence-corrected chi connectivity index (χ0v) is 13.5. The maximum atomic E-state index is 6.28. The molecule has 0 amide bonds. The van der Waals surface area contributed by atoms with Crippen LogP contribution in [-0.4, -0.2) is 17.1 Å². The van der Waals surface area contributed by atoms with E-state index >= 15 is 0 Å². The van der Waals surface area contributed by atoms with Crippen LogP contribution in [-0.2, 0) is 0 Å². The van der Waals surface area contributed by atoms with Gasteiger partial charge in [0.1, 0.15) is 16.5 Å². The SMILES string of the molecule is COc1cc(Cl)c2nc(-c3nc(C(C)C)cs3)c[c]c2c1. The molecule has 107 valence electrons. The molecule has 1 radical (unpaired) electrons.